The van der Waals surface area contributed by atoms with Crippen LogP contribution in [0, 0.1) is 0 Å². The van der Waals surface area contributed by atoms with E-state index < -0.39 is 18.0 Å². The normalized spacial score (nSPS) is 11.8. The molecular formula is C19H16ClN3O3. The molecule has 0 saturated heterocycles. The molecule has 1 amide bonds. The second-order valence-electron chi connectivity index (χ2n) is 5.62. The number of hydrogen-bond donors (Lipinski definition) is 1. The number of aromatic nitrogens is 2. The van der Waals surface area contributed by atoms with Gasteiger partial charge in [-0.15, -0.1) is 0 Å². The van der Waals surface area contributed by atoms with Crippen LogP contribution in [-0.4, -0.2) is 27.8 Å². The minimum Gasteiger partial charge on any atom is -0.448 e. The van der Waals surface area contributed by atoms with E-state index in [0.717, 1.165) is 5.56 Å². The summed E-state index contributed by atoms with van der Waals surface area (Å²) < 4.78 is 6.61. The molecule has 1 heterocycles. The molecule has 132 valence electrons. The van der Waals surface area contributed by atoms with Crippen molar-refractivity contribution in [1.29, 1.82) is 0 Å². The van der Waals surface area contributed by atoms with Crippen molar-refractivity contribution in [2.75, 3.05) is 0 Å². The van der Waals surface area contributed by atoms with Gasteiger partial charge in [-0.05, 0) is 37.3 Å². The van der Waals surface area contributed by atoms with Crippen molar-refractivity contribution >= 4 is 23.5 Å². The van der Waals surface area contributed by atoms with Crippen LogP contribution in [0.4, 0.5) is 0 Å². The van der Waals surface area contributed by atoms with Crippen LogP contribution in [0.1, 0.15) is 17.4 Å². The summed E-state index contributed by atoms with van der Waals surface area (Å²) >= 11 is 5.93. The predicted octanol–water partition coefficient (Wildman–Crippen LogP) is 3.22. The third kappa shape index (κ3) is 3.75. The van der Waals surface area contributed by atoms with Crippen LogP contribution < -0.4 is 5.73 Å². The molecule has 0 aliphatic rings. The molecule has 1 atom stereocenters. The fourth-order valence-corrected chi connectivity index (χ4v) is 2.46. The second kappa shape index (κ2) is 7.41. The lowest BCUT2D eigenvalue weighted by Crippen LogP contribution is -2.31. The highest BCUT2D eigenvalue weighted by Gasteiger charge is 2.22. The second-order valence-corrected chi connectivity index (χ2v) is 6.06. The van der Waals surface area contributed by atoms with Crippen molar-refractivity contribution in [1.82, 2.24) is 9.78 Å². The molecule has 0 unspecified atom stereocenters. The molecule has 3 aromatic rings. The van der Waals surface area contributed by atoms with E-state index in [-0.39, 0.29) is 5.69 Å². The van der Waals surface area contributed by atoms with E-state index in [1.807, 2.05) is 30.3 Å². The Labute approximate surface area is 155 Å². The maximum absolute atomic E-state index is 12.5. The van der Waals surface area contributed by atoms with Crippen molar-refractivity contribution in [3.05, 3.63) is 71.4 Å². The molecule has 1 aromatic heterocycles. The van der Waals surface area contributed by atoms with Crippen molar-refractivity contribution in [2.45, 2.75) is 13.0 Å². The molecule has 0 spiro atoms. The fourth-order valence-electron chi connectivity index (χ4n) is 2.33. The van der Waals surface area contributed by atoms with E-state index >= 15 is 0 Å². The van der Waals surface area contributed by atoms with Crippen molar-refractivity contribution < 1.29 is 14.3 Å². The van der Waals surface area contributed by atoms with Gasteiger partial charge in [-0.2, -0.15) is 5.10 Å². The van der Waals surface area contributed by atoms with Gasteiger partial charge in [-0.1, -0.05) is 41.9 Å². The molecule has 6 nitrogen and oxygen atoms in total. The maximum Gasteiger partial charge on any atom is 0.357 e. The van der Waals surface area contributed by atoms with E-state index in [4.69, 9.17) is 22.1 Å². The SMILES string of the molecule is C[C@H](OC(=O)c1cc(-c2ccc(Cl)cc2)nn1-c1ccccc1)C(N)=O. The monoisotopic (exact) mass is 369 g/mol. The smallest absolute Gasteiger partial charge is 0.357 e. The van der Waals surface area contributed by atoms with E-state index in [1.165, 1.54) is 11.6 Å². The Hall–Kier alpha value is -3.12. The first-order valence-electron chi connectivity index (χ1n) is 7.87. The summed E-state index contributed by atoms with van der Waals surface area (Å²) in [7, 11) is 0. The highest BCUT2D eigenvalue weighted by Crippen LogP contribution is 2.24. The van der Waals surface area contributed by atoms with Gasteiger partial charge in [-0.25, -0.2) is 9.48 Å². The zero-order valence-corrected chi connectivity index (χ0v) is 14.7. The van der Waals surface area contributed by atoms with Gasteiger partial charge in [0.15, 0.2) is 11.8 Å². The van der Waals surface area contributed by atoms with Gasteiger partial charge in [0.2, 0.25) is 0 Å². The van der Waals surface area contributed by atoms with E-state index in [1.54, 1.807) is 30.3 Å². The average Bonchev–Trinajstić information content (AvgIpc) is 3.08. The van der Waals surface area contributed by atoms with E-state index in [9.17, 15) is 9.59 Å². The van der Waals surface area contributed by atoms with Crippen molar-refractivity contribution in [3.63, 3.8) is 0 Å². The number of carbonyl (C=O) groups is 2. The summed E-state index contributed by atoms with van der Waals surface area (Å²) in [6.45, 7) is 1.42. The number of halogens is 1. The van der Waals surface area contributed by atoms with Gasteiger partial charge >= 0.3 is 5.97 Å². The number of rotatable bonds is 5. The number of ether oxygens (including phenoxy) is 1. The number of primary amides is 1. The summed E-state index contributed by atoms with van der Waals surface area (Å²) in [5, 5.41) is 5.11. The van der Waals surface area contributed by atoms with Crippen LogP contribution in [0.3, 0.4) is 0 Å². The summed E-state index contributed by atoms with van der Waals surface area (Å²) in [6, 6.07) is 17.9. The van der Waals surface area contributed by atoms with Gasteiger partial charge in [0.25, 0.3) is 5.91 Å². The van der Waals surface area contributed by atoms with Gasteiger partial charge in [0.05, 0.1) is 11.4 Å². The number of nitrogens with two attached hydrogens (primary N) is 1. The Morgan fingerprint density at radius 2 is 1.77 bits per heavy atom. The lowest BCUT2D eigenvalue weighted by molar-refractivity contribution is -0.125. The molecule has 26 heavy (non-hydrogen) atoms. The molecule has 0 radical (unpaired) electrons. The first kappa shape index (κ1) is 17.7. The third-order valence-electron chi connectivity index (χ3n) is 3.74. The molecule has 2 N–H and O–H groups in total. The van der Waals surface area contributed by atoms with Crippen LogP contribution in [-0.2, 0) is 9.53 Å². The first-order valence-corrected chi connectivity index (χ1v) is 8.25. The number of benzene rings is 2. The van der Waals surface area contributed by atoms with Crippen LogP contribution in [0.5, 0.6) is 0 Å². The largest absolute Gasteiger partial charge is 0.448 e. The summed E-state index contributed by atoms with van der Waals surface area (Å²) in [5.41, 5.74) is 7.41. The third-order valence-corrected chi connectivity index (χ3v) is 4.00. The minimum atomic E-state index is -1.04. The molecule has 0 fully saturated rings. The predicted molar refractivity (Wildman–Crippen MR) is 98.1 cm³/mol. The zero-order valence-electron chi connectivity index (χ0n) is 13.9. The lowest BCUT2D eigenvalue weighted by atomic mass is 10.1. The van der Waals surface area contributed by atoms with Crippen molar-refractivity contribution in [3.8, 4) is 16.9 Å². The van der Waals surface area contributed by atoms with E-state index in [0.29, 0.717) is 16.4 Å². The minimum absolute atomic E-state index is 0.189. The highest BCUT2D eigenvalue weighted by molar-refractivity contribution is 6.30. The Bertz CT molecular complexity index is 936. The molecular weight excluding hydrogens is 354 g/mol. The van der Waals surface area contributed by atoms with E-state index in [2.05, 4.69) is 5.10 Å². The summed E-state index contributed by atoms with van der Waals surface area (Å²) in [4.78, 5) is 23.7. The Morgan fingerprint density at radius 3 is 2.38 bits per heavy atom. The first-order chi connectivity index (χ1) is 12.5. The Morgan fingerprint density at radius 1 is 1.12 bits per heavy atom. The van der Waals surface area contributed by atoms with Crippen LogP contribution >= 0.6 is 11.6 Å². The number of esters is 1. The molecule has 3 rings (SSSR count). The van der Waals surface area contributed by atoms with Gasteiger partial charge in [-0.3, -0.25) is 4.79 Å². The quantitative estimate of drug-likeness (QED) is 0.699. The van der Waals surface area contributed by atoms with Gasteiger partial charge < -0.3 is 10.5 Å². The van der Waals surface area contributed by atoms with Gasteiger partial charge in [0, 0.05) is 10.6 Å². The van der Waals surface area contributed by atoms with Crippen LogP contribution in [0.2, 0.25) is 5.02 Å². The number of carbonyl (C=O) groups excluding carboxylic acids is 2. The summed E-state index contributed by atoms with van der Waals surface area (Å²) in [6.07, 6.45) is -1.04. The Balaban J connectivity index is 2.05. The number of hydrogen-bond acceptors (Lipinski definition) is 4. The number of amides is 1. The average molecular weight is 370 g/mol. The number of para-hydroxylation sites is 1. The molecule has 0 aliphatic carbocycles. The van der Waals surface area contributed by atoms with Crippen molar-refractivity contribution in [2.24, 2.45) is 5.73 Å². The van der Waals surface area contributed by atoms with Gasteiger partial charge in [0.1, 0.15) is 0 Å². The zero-order chi connectivity index (χ0) is 18.7. The maximum atomic E-state index is 12.5. The molecule has 0 bridgehead atoms. The number of nitrogens with zero attached hydrogens (tertiary/aromatic N) is 2. The highest BCUT2D eigenvalue weighted by atomic mass is 35.5. The van der Waals surface area contributed by atoms with Crippen LogP contribution in [0.15, 0.2) is 60.7 Å². The Kier molecular flexibility index (Phi) is 5.04. The van der Waals surface area contributed by atoms with Crippen LogP contribution in [0.25, 0.3) is 16.9 Å². The molecule has 0 saturated carbocycles. The molecule has 7 heteroatoms. The lowest BCUT2D eigenvalue weighted by Gasteiger charge is -2.10. The topological polar surface area (TPSA) is 87.2 Å². The summed E-state index contributed by atoms with van der Waals surface area (Å²) in [5.74, 6) is -1.41. The molecule has 2 aromatic carbocycles. The standard InChI is InChI=1S/C19H16ClN3O3/c1-12(18(21)24)26-19(25)17-11-16(13-7-9-14(20)10-8-13)22-23(17)15-5-3-2-4-6-15/h2-12H,1H3,(H2,21,24)/t12-/m0/s1. The molecule has 0 aliphatic heterocycles. The fraction of sp³-hybridized carbons (Fsp3) is 0.105.